The lowest BCUT2D eigenvalue weighted by Crippen LogP contribution is -2.25. The number of carbonyl (C=O) groups excluding carboxylic acids is 2. The van der Waals surface area contributed by atoms with Crippen molar-refractivity contribution in [3.63, 3.8) is 0 Å². The SMILES string of the molecule is O=C(NCCc1ccccc1)c1nnc(CCCCc2ccc(NC(=O)C(O)c3ccccc3)nn2)s1. The highest BCUT2D eigenvalue weighted by molar-refractivity contribution is 7.13. The molecular weight excluding hydrogens is 488 g/mol. The molecule has 1 atom stereocenters. The number of amides is 2. The fraction of sp³-hybridized carbons (Fsp3) is 0.259. The van der Waals surface area contributed by atoms with Crippen molar-refractivity contribution in [1.82, 2.24) is 25.7 Å². The zero-order valence-electron chi connectivity index (χ0n) is 20.2. The van der Waals surface area contributed by atoms with Crippen LogP contribution in [0.3, 0.4) is 0 Å². The lowest BCUT2D eigenvalue weighted by molar-refractivity contribution is -0.124. The Bertz CT molecular complexity index is 1280. The van der Waals surface area contributed by atoms with E-state index in [1.807, 2.05) is 36.4 Å². The van der Waals surface area contributed by atoms with E-state index in [9.17, 15) is 14.7 Å². The maximum atomic E-state index is 12.3. The van der Waals surface area contributed by atoms with Gasteiger partial charge in [0, 0.05) is 13.0 Å². The first-order chi connectivity index (χ1) is 18.1. The van der Waals surface area contributed by atoms with Gasteiger partial charge >= 0.3 is 0 Å². The van der Waals surface area contributed by atoms with Gasteiger partial charge in [-0.1, -0.05) is 72.0 Å². The molecule has 2 aromatic heterocycles. The Morgan fingerprint density at radius 2 is 1.54 bits per heavy atom. The highest BCUT2D eigenvalue weighted by Crippen LogP contribution is 2.16. The van der Waals surface area contributed by atoms with Gasteiger partial charge in [-0.3, -0.25) is 9.59 Å². The number of carbonyl (C=O) groups is 2. The molecule has 0 saturated carbocycles. The van der Waals surface area contributed by atoms with Crippen LogP contribution in [0.4, 0.5) is 5.82 Å². The molecule has 0 bridgehead atoms. The normalized spacial score (nSPS) is 11.6. The van der Waals surface area contributed by atoms with Gasteiger partial charge in [-0.05, 0) is 48.9 Å². The number of aliphatic hydroxyl groups excluding tert-OH is 1. The molecule has 2 aromatic carbocycles. The maximum Gasteiger partial charge on any atom is 0.282 e. The second-order valence-electron chi connectivity index (χ2n) is 8.41. The Morgan fingerprint density at radius 1 is 0.811 bits per heavy atom. The number of hydrogen-bond acceptors (Lipinski definition) is 8. The van der Waals surface area contributed by atoms with Gasteiger partial charge in [0.25, 0.3) is 11.8 Å². The quantitative estimate of drug-likeness (QED) is 0.246. The van der Waals surface area contributed by atoms with Crippen LogP contribution in [0.25, 0.3) is 0 Å². The molecule has 37 heavy (non-hydrogen) atoms. The molecule has 4 rings (SSSR count). The first kappa shape index (κ1) is 26.1. The molecule has 0 aliphatic rings. The van der Waals surface area contributed by atoms with Crippen LogP contribution >= 0.6 is 11.3 Å². The zero-order chi connectivity index (χ0) is 25.9. The Kier molecular flexibility index (Phi) is 9.39. The molecule has 190 valence electrons. The van der Waals surface area contributed by atoms with Gasteiger partial charge in [0.05, 0.1) is 5.69 Å². The molecule has 4 aromatic rings. The molecule has 9 nitrogen and oxygen atoms in total. The second-order valence-corrected chi connectivity index (χ2v) is 9.47. The Hall–Kier alpha value is -4.02. The van der Waals surface area contributed by atoms with Crippen LogP contribution in [0.1, 0.15) is 50.6 Å². The third-order valence-electron chi connectivity index (χ3n) is 5.61. The summed E-state index contributed by atoms with van der Waals surface area (Å²) in [5, 5.41) is 33.2. The van der Waals surface area contributed by atoms with Crippen LogP contribution < -0.4 is 10.6 Å². The third kappa shape index (κ3) is 7.99. The van der Waals surface area contributed by atoms with Gasteiger partial charge in [-0.25, -0.2) is 0 Å². The van der Waals surface area contributed by atoms with Crippen molar-refractivity contribution in [2.75, 3.05) is 11.9 Å². The second kappa shape index (κ2) is 13.3. The summed E-state index contributed by atoms with van der Waals surface area (Å²) in [7, 11) is 0. The molecule has 0 aliphatic carbocycles. The number of nitrogens with one attached hydrogen (secondary N) is 2. The van der Waals surface area contributed by atoms with Crippen LogP contribution in [-0.4, -0.2) is 43.9 Å². The van der Waals surface area contributed by atoms with Gasteiger partial charge in [-0.2, -0.15) is 5.10 Å². The largest absolute Gasteiger partial charge is 0.378 e. The average Bonchev–Trinajstić information content (AvgIpc) is 3.42. The van der Waals surface area contributed by atoms with E-state index >= 15 is 0 Å². The molecular formula is C27H28N6O3S. The van der Waals surface area contributed by atoms with Crippen molar-refractivity contribution in [1.29, 1.82) is 0 Å². The first-order valence-corrected chi connectivity index (χ1v) is 12.9. The number of rotatable bonds is 12. The lowest BCUT2D eigenvalue weighted by atomic mass is 10.1. The molecule has 10 heteroatoms. The zero-order valence-corrected chi connectivity index (χ0v) is 21.0. The highest BCUT2D eigenvalue weighted by atomic mass is 32.1. The number of benzene rings is 2. The predicted octanol–water partition coefficient (Wildman–Crippen LogP) is 3.54. The lowest BCUT2D eigenvalue weighted by Gasteiger charge is -2.11. The summed E-state index contributed by atoms with van der Waals surface area (Å²) in [6.45, 7) is 0.550. The summed E-state index contributed by atoms with van der Waals surface area (Å²) in [6.07, 6.45) is 2.68. The molecule has 3 N–H and O–H groups in total. The fourth-order valence-corrected chi connectivity index (χ4v) is 4.41. The van der Waals surface area contributed by atoms with E-state index in [0.29, 0.717) is 17.1 Å². The van der Waals surface area contributed by atoms with E-state index in [0.717, 1.165) is 42.8 Å². The van der Waals surface area contributed by atoms with Crippen molar-refractivity contribution in [3.8, 4) is 0 Å². The Morgan fingerprint density at radius 3 is 2.27 bits per heavy atom. The minimum absolute atomic E-state index is 0.196. The first-order valence-electron chi connectivity index (χ1n) is 12.1. The predicted molar refractivity (Wildman–Crippen MR) is 141 cm³/mol. The van der Waals surface area contributed by atoms with Crippen molar-refractivity contribution < 1.29 is 14.7 Å². The van der Waals surface area contributed by atoms with Gasteiger partial charge < -0.3 is 15.7 Å². The number of aryl methyl sites for hydroxylation is 2. The summed E-state index contributed by atoms with van der Waals surface area (Å²) in [5.74, 6) is -0.472. The van der Waals surface area contributed by atoms with E-state index in [2.05, 4.69) is 31.0 Å². The van der Waals surface area contributed by atoms with Gasteiger partial charge in [0.2, 0.25) is 5.01 Å². The highest BCUT2D eigenvalue weighted by Gasteiger charge is 2.17. The molecule has 0 fully saturated rings. The number of hydrogen-bond donors (Lipinski definition) is 3. The summed E-state index contributed by atoms with van der Waals surface area (Å²) < 4.78 is 0. The van der Waals surface area contributed by atoms with Crippen LogP contribution in [0, 0.1) is 0 Å². The smallest absolute Gasteiger partial charge is 0.282 e. The molecule has 2 amide bonds. The van der Waals surface area contributed by atoms with Crippen LogP contribution in [0.15, 0.2) is 72.8 Å². The third-order valence-corrected chi connectivity index (χ3v) is 6.59. The summed E-state index contributed by atoms with van der Waals surface area (Å²) in [5.41, 5.74) is 2.49. The van der Waals surface area contributed by atoms with Crippen molar-refractivity contribution in [3.05, 3.63) is 99.6 Å². The summed E-state index contributed by atoms with van der Waals surface area (Å²) >= 11 is 1.32. The average molecular weight is 517 g/mol. The number of unbranched alkanes of at least 4 members (excludes halogenated alkanes) is 1. The number of nitrogens with zero attached hydrogens (tertiary/aromatic N) is 4. The van der Waals surface area contributed by atoms with Gasteiger partial charge in [-0.15, -0.1) is 15.3 Å². The molecule has 0 spiro atoms. The summed E-state index contributed by atoms with van der Waals surface area (Å²) in [4.78, 5) is 24.5. The molecule has 0 aliphatic heterocycles. The maximum absolute atomic E-state index is 12.3. The van der Waals surface area contributed by atoms with E-state index in [-0.39, 0.29) is 11.7 Å². The van der Waals surface area contributed by atoms with Crippen LogP contribution in [0.2, 0.25) is 0 Å². The molecule has 0 radical (unpaired) electrons. The topological polar surface area (TPSA) is 130 Å². The van der Waals surface area contributed by atoms with Crippen molar-refractivity contribution >= 4 is 29.0 Å². The molecule has 0 saturated heterocycles. The Labute approximate surface area is 219 Å². The van der Waals surface area contributed by atoms with Gasteiger partial charge in [0.1, 0.15) is 5.01 Å². The van der Waals surface area contributed by atoms with Crippen molar-refractivity contribution in [2.24, 2.45) is 0 Å². The van der Waals surface area contributed by atoms with E-state index in [1.165, 1.54) is 16.9 Å². The Balaban J connectivity index is 1.15. The number of aromatic nitrogens is 4. The fourth-order valence-electron chi connectivity index (χ4n) is 3.61. The number of aliphatic hydroxyl groups is 1. The minimum Gasteiger partial charge on any atom is -0.378 e. The minimum atomic E-state index is -1.27. The van der Waals surface area contributed by atoms with Gasteiger partial charge in [0.15, 0.2) is 11.9 Å². The van der Waals surface area contributed by atoms with E-state index in [1.54, 1.807) is 36.4 Å². The van der Waals surface area contributed by atoms with Crippen molar-refractivity contribution in [2.45, 2.75) is 38.2 Å². The summed E-state index contributed by atoms with van der Waals surface area (Å²) in [6, 6.07) is 22.2. The van der Waals surface area contributed by atoms with Crippen LogP contribution in [0.5, 0.6) is 0 Å². The van der Waals surface area contributed by atoms with Crippen LogP contribution in [-0.2, 0) is 24.1 Å². The molecule has 2 heterocycles. The van der Waals surface area contributed by atoms with E-state index < -0.39 is 12.0 Å². The monoisotopic (exact) mass is 516 g/mol. The number of anilines is 1. The van der Waals surface area contributed by atoms with E-state index in [4.69, 9.17) is 0 Å². The standard InChI is InChI=1S/C27H28N6O3S/c34-24(20-11-5-2-6-12-20)25(35)29-22-16-15-21(30-31-22)13-7-8-14-23-32-33-27(37-23)26(36)28-18-17-19-9-3-1-4-10-19/h1-6,9-12,15-16,24,34H,7-8,13-14,17-18H2,(H,28,36)(H,29,31,35). The molecule has 1 unspecified atom stereocenters.